The number of guanidine groups is 1. The van der Waals surface area contributed by atoms with Crippen molar-refractivity contribution in [3.63, 3.8) is 0 Å². The lowest BCUT2D eigenvalue weighted by Gasteiger charge is -2.03. The quantitative estimate of drug-likeness (QED) is 0.335. The molecule has 0 aliphatic carbocycles. The van der Waals surface area contributed by atoms with Gasteiger partial charge < -0.3 is 11.5 Å². The molecule has 0 aliphatic rings. The standard InChI is InChI=1S/C17H15N7/c18-17(19)24-23-16(22-21-13-8-2-1-3-9-13)14-10-4-6-12-7-5-11-20-15(12)14/h1-11H,(H4,18,19,24). The van der Waals surface area contributed by atoms with Gasteiger partial charge in [-0.25, -0.2) is 0 Å². The number of azo groups is 1. The van der Waals surface area contributed by atoms with E-state index in [1.54, 1.807) is 6.20 Å². The van der Waals surface area contributed by atoms with Crippen molar-refractivity contribution in [1.82, 2.24) is 4.98 Å². The maximum atomic E-state index is 5.37. The topological polar surface area (TPSA) is 114 Å². The van der Waals surface area contributed by atoms with Crippen LogP contribution in [0.1, 0.15) is 5.56 Å². The van der Waals surface area contributed by atoms with Gasteiger partial charge in [-0.1, -0.05) is 36.4 Å². The van der Waals surface area contributed by atoms with E-state index in [-0.39, 0.29) is 11.8 Å². The largest absolute Gasteiger partial charge is 0.369 e. The minimum absolute atomic E-state index is 0.157. The molecule has 0 amide bonds. The van der Waals surface area contributed by atoms with E-state index >= 15 is 0 Å². The molecular weight excluding hydrogens is 302 g/mol. The average Bonchev–Trinajstić information content (AvgIpc) is 2.62. The molecule has 24 heavy (non-hydrogen) atoms. The zero-order valence-corrected chi connectivity index (χ0v) is 12.7. The van der Waals surface area contributed by atoms with E-state index < -0.39 is 0 Å². The summed E-state index contributed by atoms with van der Waals surface area (Å²) in [6.07, 6.45) is 1.71. The van der Waals surface area contributed by atoms with Crippen LogP contribution in [0.25, 0.3) is 10.9 Å². The Bertz CT molecular complexity index is 921. The van der Waals surface area contributed by atoms with Gasteiger partial charge in [0, 0.05) is 17.1 Å². The van der Waals surface area contributed by atoms with Gasteiger partial charge in [0.05, 0.1) is 11.2 Å². The summed E-state index contributed by atoms with van der Waals surface area (Å²) in [4.78, 5) is 4.39. The average molecular weight is 317 g/mol. The first kappa shape index (κ1) is 15.3. The normalized spacial score (nSPS) is 11.8. The predicted octanol–water partition coefficient (Wildman–Crippen LogP) is 2.95. The number of hydrogen-bond donors (Lipinski definition) is 2. The Morgan fingerprint density at radius 2 is 1.62 bits per heavy atom. The Labute approximate surface area is 138 Å². The van der Waals surface area contributed by atoms with Crippen molar-refractivity contribution >= 4 is 28.4 Å². The summed E-state index contributed by atoms with van der Waals surface area (Å²) in [6, 6.07) is 18.8. The molecule has 3 aromatic rings. The van der Waals surface area contributed by atoms with Crippen LogP contribution in [0, 0.1) is 0 Å². The van der Waals surface area contributed by atoms with Gasteiger partial charge in [0.15, 0.2) is 0 Å². The number of rotatable bonds is 3. The molecule has 0 spiro atoms. The molecule has 0 aliphatic heterocycles. The van der Waals surface area contributed by atoms with Crippen molar-refractivity contribution in [2.75, 3.05) is 0 Å². The second kappa shape index (κ2) is 7.10. The first-order valence-corrected chi connectivity index (χ1v) is 7.21. The lowest BCUT2D eigenvalue weighted by Crippen LogP contribution is -2.22. The number of nitrogens with two attached hydrogens (primary N) is 2. The first-order valence-electron chi connectivity index (χ1n) is 7.21. The van der Waals surface area contributed by atoms with Gasteiger partial charge in [0.1, 0.15) is 0 Å². The fourth-order valence-electron chi connectivity index (χ4n) is 2.12. The fraction of sp³-hybridized carbons (Fsp3) is 0. The highest BCUT2D eigenvalue weighted by atomic mass is 15.3. The monoisotopic (exact) mass is 317 g/mol. The zero-order valence-electron chi connectivity index (χ0n) is 12.7. The molecule has 1 aromatic heterocycles. The minimum atomic E-state index is -0.157. The van der Waals surface area contributed by atoms with E-state index in [0.29, 0.717) is 11.3 Å². The molecule has 7 nitrogen and oxygen atoms in total. The number of amidine groups is 1. The van der Waals surface area contributed by atoms with Crippen molar-refractivity contribution in [2.45, 2.75) is 0 Å². The van der Waals surface area contributed by atoms with Crippen LogP contribution in [0.5, 0.6) is 0 Å². The second-order valence-electron chi connectivity index (χ2n) is 4.86. The highest BCUT2D eigenvalue weighted by Gasteiger charge is 2.09. The van der Waals surface area contributed by atoms with Crippen LogP contribution in [0.3, 0.4) is 0 Å². The number of pyridine rings is 1. The summed E-state index contributed by atoms with van der Waals surface area (Å²) in [5.74, 6) is 0.118. The van der Waals surface area contributed by atoms with Gasteiger partial charge in [0.2, 0.25) is 11.8 Å². The molecule has 118 valence electrons. The maximum Gasteiger partial charge on any atom is 0.211 e. The second-order valence-corrected chi connectivity index (χ2v) is 4.86. The third kappa shape index (κ3) is 3.58. The number of para-hydroxylation sites is 1. The molecule has 0 atom stereocenters. The van der Waals surface area contributed by atoms with Crippen LogP contribution in [0.2, 0.25) is 0 Å². The van der Waals surface area contributed by atoms with E-state index in [9.17, 15) is 0 Å². The summed E-state index contributed by atoms with van der Waals surface area (Å²) in [7, 11) is 0. The first-order chi connectivity index (χ1) is 11.7. The lowest BCUT2D eigenvalue weighted by molar-refractivity contribution is 1.16. The molecule has 4 N–H and O–H groups in total. The Kier molecular flexibility index (Phi) is 4.52. The van der Waals surface area contributed by atoms with Crippen molar-refractivity contribution in [3.05, 3.63) is 72.4 Å². The number of benzene rings is 2. The number of hydrogen-bond acceptors (Lipinski definition) is 4. The molecule has 0 saturated carbocycles. The molecule has 3 rings (SSSR count). The van der Waals surface area contributed by atoms with Gasteiger partial charge in [-0.2, -0.15) is 0 Å². The summed E-state index contributed by atoms with van der Waals surface area (Å²) < 4.78 is 0. The molecule has 0 fully saturated rings. The summed E-state index contributed by atoms with van der Waals surface area (Å²) in [5, 5.41) is 17.1. The predicted molar refractivity (Wildman–Crippen MR) is 95.0 cm³/mol. The SMILES string of the molecule is NC(N)=NN=C(N=Nc1ccccc1)c1cccc2cccnc12. The highest BCUT2D eigenvalue weighted by molar-refractivity contribution is 6.08. The molecule has 0 unspecified atom stereocenters. The van der Waals surface area contributed by atoms with E-state index in [1.165, 1.54) is 0 Å². The van der Waals surface area contributed by atoms with Crippen LogP contribution < -0.4 is 11.5 Å². The van der Waals surface area contributed by atoms with Gasteiger partial charge in [0.25, 0.3) is 0 Å². The van der Waals surface area contributed by atoms with Crippen LogP contribution in [-0.4, -0.2) is 16.8 Å². The van der Waals surface area contributed by atoms with Crippen molar-refractivity contribution in [3.8, 4) is 0 Å². The number of fused-ring (bicyclic) bond motifs is 1. The Balaban J connectivity index is 2.09. The number of aromatic nitrogens is 1. The molecule has 1 heterocycles. The Morgan fingerprint density at radius 3 is 2.42 bits per heavy atom. The summed E-state index contributed by atoms with van der Waals surface area (Å²) >= 11 is 0. The van der Waals surface area contributed by atoms with Crippen LogP contribution in [0.4, 0.5) is 5.69 Å². The van der Waals surface area contributed by atoms with Crippen LogP contribution in [-0.2, 0) is 0 Å². The molecule has 7 heteroatoms. The maximum absolute atomic E-state index is 5.37. The third-order valence-corrected chi connectivity index (χ3v) is 3.15. The number of nitrogens with zero attached hydrogens (tertiary/aromatic N) is 5. The van der Waals surface area contributed by atoms with E-state index in [4.69, 9.17) is 11.5 Å². The Hall–Kier alpha value is -3.61. The van der Waals surface area contributed by atoms with Crippen molar-refractivity contribution in [1.29, 1.82) is 0 Å². The van der Waals surface area contributed by atoms with Gasteiger partial charge in [-0.3, -0.25) is 4.98 Å². The fourth-order valence-corrected chi connectivity index (χ4v) is 2.12. The molecule has 2 aromatic carbocycles. The molecule has 0 saturated heterocycles. The summed E-state index contributed by atoms with van der Waals surface area (Å²) in [6.45, 7) is 0. The summed E-state index contributed by atoms with van der Waals surface area (Å²) in [5.41, 5.74) is 12.9. The van der Waals surface area contributed by atoms with Crippen molar-refractivity contribution < 1.29 is 0 Å². The van der Waals surface area contributed by atoms with Crippen LogP contribution in [0.15, 0.2) is 87.3 Å². The van der Waals surface area contributed by atoms with Crippen LogP contribution >= 0.6 is 0 Å². The van der Waals surface area contributed by atoms with Gasteiger partial charge in [-0.15, -0.1) is 20.4 Å². The third-order valence-electron chi connectivity index (χ3n) is 3.15. The van der Waals surface area contributed by atoms with Crippen molar-refractivity contribution in [2.24, 2.45) is 31.9 Å². The smallest absolute Gasteiger partial charge is 0.211 e. The van der Waals surface area contributed by atoms with E-state index in [2.05, 4.69) is 25.4 Å². The molecule has 0 bridgehead atoms. The van der Waals surface area contributed by atoms with Gasteiger partial charge in [-0.05, 0) is 24.3 Å². The zero-order chi connectivity index (χ0) is 16.8. The minimum Gasteiger partial charge on any atom is -0.369 e. The molecular formula is C17H15N7. The van der Waals surface area contributed by atoms with E-state index in [1.807, 2.05) is 60.7 Å². The highest BCUT2D eigenvalue weighted by Crippen LogP contribution is 2.19. The molecule has 0 radical (unpaired) electrons. The van der Waals surface area contributed by atoms with E-state index in [0.717, 1.165) is 10.9 Å². The Morgan fingerprint density at radius 1 is 0.833 bits per heavy atom. The van der Waals surface area contributed by atoms with Gasteiger partial charge >= 0.3 is 0 Å². The lowest BCUT2D eigenvalue weighted by atomic mass is 10.1.